The van der Waals surface area contributed by atoms with Crippen LogP contribution in [-0.2, 0) is 19.1 Å². The van der Waals surface area contributed by atoms with Gasteiger partial charge in [-0.05, 0) is 43.9 Å². The number of piperazine rings is 1. The quantitative estimate of drug-likeness (QED) is 0.431. The number of piperidine rings is 1. The molecule has 33 heavy (non-hydrogen) atoms. The predicted molar refractivity (Wildman–Crippen MR) is 124 cm³/mol. The van der Waals surface area contributed by atoms with Crippen LogP contribution in [0.2, 0.25) is 0 Å². The first-order valence-electron chi connectivity index (χ1n) is 11.9. The molecule has 3 rings (SSSR count). The first-order valence-corrected chi connectivity index (χ1v) is 11.9. The van der Waals surface area contributed by atoms with Gasteiger partial charge in [0.05, 0.1) is 19.6 Å². The van der Waals surface area contributed by atoms with Crippen molar-refractivity contribution in [2.24, 2.45) is 0 Å². The Morgan fingerprint density at radius 1 is 1.15 bits per heavy atom. The normalized spacial score (nSPS) is 18.5. The lowest BCUT2D eigenvalue weighted by atomic mass is 10.1. The topological polar surface area (TPSA) is 108 Å². The molecular formula is C24H34N4O5. The average molecular weight is 459 g/mol. The second-order valence-corrected chi connectivity index (χ2v) is 8.46. The van der Waals surface area contributed by atoms with Crippen LogP contribution in [0, 0.1) is 0 Å². The molecule has 2 N–H and O–H groups in total. The van der Waals surface area contributed by atoms with Crippen LogP contribution in [0.4, 0.5) is 5.69 Å². The van der Waals surface area contributed by atoms with Gasteiger partial charge in [0.15, 0.2) is 0 Å². The summed E-state index contributed by atoms with van der Waals surface area (Å²) in [4.78, 5) is 53.4. The van der Waals surface area contributed by atoms with Gasteiger partial charge in [-0.1, -0.05) is 19.4 Å². The highest BCUT2D eigenvalue weighted by atomic mass is 16.5. The lowest BCUT2D eigenvalue weighted by molar-refractivity contribution is -0.151. The molecule has 0 aliphatic carbocycles. The number of benzene rings is 1. The van der Waals surface area contributed by atoms with Gasteiger partial charge in [0.2, 0.25) is 11.8 Å². The third-order valence-electron chi connectivity index (χ3n) is 5.97. The molecule has 2 saturated heterocycles. The maximum absolute atomic E-state index is 12.9. The van der Waals surface area contributed by atoms with Gasteiger partial charge in [0.1, 0.15) is 6.04 Å². The predicted octanol–water partition coefficient (Wildman–Crippen LogP) is 1.79. The van der Waals surface area contributed by atoms with Gasteiger partial charge in [0.25, 0.3) is 5.91 Å². The van der Waals surface area contributed by atoms with Crippen molar-refractivity contribution >= 4 is 29.4 Å². The second kappa shape index (κ2) is 12.2. The van der Waals surface area contributed by atoms with Gasteiger partial charge in [-0.25, -0.2) is 0 Å². The van der Waals surface area contributed by atoms with Gasteiger partial charge in [-0.2, -0.15) is 0 Å². The van der Waals surface area contributed by atoms with Crippen molar-refractivity contribution in [3.8, 4) is 0 Å². The zero-order valence-corrected chi connectivity index (χ0v) is 19.3. The number of ether oxygens (including phenoxy) is 1. The van der Waals surface area contributed by atoms with Crippen LogP contribution in [0.5, 0.6) is 0 Å². The number of carbonyl (C=O) groups is 4. The van der Waals surface area contributed by atoms with Crippen molar-refractivity contribution in [2.45, 2.75) is 51.5 Å². The molecule has 1 unspecified atom stereocenters. The number of hydrogen-bond donors (Lipinski definition) is 2. The van der Waals surface area contributed by atoms with Crippen LogP contribution in [0.3, 0.4) is 0 Å². The standard InChI is InChI=1S/C24H34N4O5/c1-2-3-14-33-22(30)16-20-23(31)25-10-13-28(20)21(29)17-26-19-9-7-8-18(15-19)24(32)27-11-5-4-6-12-27/h7-9,15,20,26H,2-6,10-14,16-17H2,1H3,(H,25,31). The number of esters is 1. The summed E-state index contributed by atoms with van der Waals surface area (Å²) in [6, 6.07) is 6.22. The molecule has 9 heteroatoms. The summed E-state index contributed by atoms with van der Waals surface area (Å²) in [6.45, 7) is 4.47. The van der Waals surface area contributed by atoms with Crippen LogP contribution in [0.25, 0.3) is 0 Å². The maximum atomic E-state index is 12.9. The smallest absolute Gasteiger partial charge is 0.308 e. The number of nitrogens with zero attached hydrogens (tertiary/aromatic N) is 2. The third-order valence-corrected chi connectivity index (χ3v) is 5.97. The first kappa shape index (κ1) is 24.5. The minimum atomic E-state index is -0.880. The Morgan fingerprint density at radius 2 is 1.94 bits per heavy atom. The van der Waals surface area contributed by atoms with Crippen LogP contribution in [0.15, 0.2) is 24.3 Å². The Labute approximate surface area is 194 Å². The molecule has 2 aliphatic heterocycles. The van der Waals surface area contributed by atoms with Crippen molar-refractivity contribution in [1.82, 2.24) is 15.1 Å². The minimum absolute atomic E-state index is 0.000900. The number of nitrogens with one attached hydrogen (secondary N) is 2. The maximum Gasteiger partial charge on any atom is 0.308 e. The molecule has 0 saturated carbocycles. The molecule has 2 fully saturated rings. The lowest BCUT2D eigenvalue weighted by Crippen LogP contribution is -2.58. The Hall–Kier alpha value is -3.10. The summed E-state index contributed by atoms with van der Waals surface area (Å²) in [5.41, 5.74) is 1.24. The van der Waals surface area contributed by atoms with Gasteiger partial charge in [-0.3, -0.25) is 19.2 Å². The fourth-order valence-corrected chi connectivity index (χ4v) is 4.08. The SMILES string of the molecule is CCCCOC(=O)CC1C(=O)NCCN1C(=O)CNc1cccc(C(=O)N2CCCCC2)c1. The highest BCUT2D eigenvalue weighted by molar-refractivity contribution is 5.96. The van der Waals surface area contributed by atoms with Crippen LogP contribution < -0.4 is 10.6 Å². The average Bonchev–Trinajstić information content (AvgIpc) is 2.84. The zero-order valence-electron chi connectivity index (χ0n) is 19.3. The van der Waals surface area contributed by atoms with E-state index in [1.807, 2.05) is 11.8 Å². The van der Waals surface area contributed by atoms with E-state index in [1.54, 1.807) is 24.3 Å². The van der Waals surface area contributed by atoms with Gasteiger partial charge in [0, 0.05) is 37.4 Å². The van der Waals surface area contributed by atoms with E-state index in [4.69, 9.17) is 4.74 Å². The fourth-order valence-electron chi connectivity index (χ4n) is 4.08. The summed E-state index contributed by atoms with van der Waals surface area (Å²) in [5, 5.41) is 5.77. The molecule has 0 radical (unpaired) electrons. The number of likely N-dealkylation sites (tertiary alicyclic amines) is 1. The third kappa shape index (κ3) is 6.94. The fraction of sp³-hybridized carbons (Fsp3) is 0.583. The molecule has 1 aromatic rings. The van der Waals surface area contributed by atoms with E-state index >= 15 is 0 Å². The van der Waals surface area contributed by atoms with E-state index in [1.165, 1.54) is 4.90 Å². The van der Waals surface area contributed by atoms with E-state index < -0.39 is 12.0 Å². The summed E-state index contributed by atoms with van der Waals surface area (Å²) in [5.74, 6) is -1.13. The molecule has 1 atom stereocenters. The summed E-state index contributed by atoms with van der Waals surface area (Å²) in [7, 11) is 0. The highest BCUT2D eigenvalue weighted by Crippen LogP contribution is 2.17. The number of rotatable bonds is 9. The Morgan fingerprint density at radius 3 is 2.70 bits per heavy atom. The summed E-state index contributed by atoms with van der Waals surface area (Å²) >= 11 is 0. The largest absolute Gasteiger partial charge is 0.466 e. The molecule has 1 aromatic carbocycles. The summed E-state index contributed by atoms with van der Waals surface area (Å²) < 4.78 is 5.17. The molecule has 9 nitrogen and oxygen atoms in total. The Kier molecular flexibility index (Phi) is 9.09. The highest BCUT2D eigenvalue weighted by Gasteiger charge is 2.35. The van der Waals surface area contributed by atoms with Crippen molar-refractivity contribution in [1.29, 1.82) is 0 Å². The molecule has 2 aliphatic rings. The second-order valence-electron chi connectivity index (χ2n) is 8.46. The number of hydrogen-bond acceptors (Lipinski definition) is 6. The van der Waals surface area contributed by atoms with E-state index in [-0.39, 0.29) is 30.7 Å². The molecule has 0 spiro atoms. The first-order chi connectivity index (χ1) is 16.0. The van der Waals surface area contributed by atoms with Gasteiger partial charge >= 0.3 is 5.97 Å². The Bertz CT molecular complexity index is 853. The van der Waals surface area contributed by atoms with Crippen molar-refractivity contribution < 1.29 is 23.9 Å². The summed E-state index contributed by atoms with van der Waals surface area (Å²) in [6.07, 6.45) is 4.69. The molecule has 3 amide bonds. The minimum Gasteiger partial charge on any atom is -0.466 e. The number of unbranched alkanes of at least 4 members (excludes halogenated alkanes) is 1. The van der Waals surface area contributed by atoms with Crippen molar-refractivity contribution in [3.05, 3.63) is 29.8 Å². The molecule has 180 valence electrons. The van der Waals surface area contributed by atoms with E-state index in [0.717, 1.165) is 45.2 Å². The number of carbonyl (C=O) groups excluding carboxylic acids is 4. The van der Waals surface area contributed by atoms with E-state index in [2.05, 4.69) is 10.6 Å². The number of anilines is 1. The molecule has 0 bridgehead atoms. The van der Waals surface area contributed by atoms with Crippen LogP contribution in [0.1, 0.15) is 55.8 Å². The monoisotopic (exact) mass is 458 g/mol. The van der Waals surface area contributed by atoms with E-state index in [0.29, 0.717) is 30.9 Å². The van der Waals surface area contributed by atoms with Crippen LogP contribution in [-0.4, -0.2) is 78.9 Å². The lowest BCUT2D eigenvalue weighted by Gasteiger charge is -2.34. The van der Waals surface area contributed by atoms with Crippen molar-refractivity contribution in [2.75, 3.05) is 44.6 Å². The molecular weight excluding hydrogens is 424 g/mol. The Balaban J connectivity index is 1.57. The van der Waals surface area contributed by atoms with E-state index in [9.17, 15) is 19.2 Å². The zero-order chi connectivity index (χ0) is 23.6. The van der Waals surface area contributed by atoms with Gasteiger partial charge in [-0.15, -0.1) is 0 Å². The van der Waals surface area contributed by atoms with Gasteiger partial charge < -0.3 is 25.2 Å². The van der Waals surface area contributed by atoms with Crippen molar-refractivity contribution in [3.63, 3.8) is 0 Å². The molecule has 2 heterocycles. The molecule has 0 aromatic heterocycles. The van der Waals surface area contributed by atoms with Crippen LogP contribution >= 0.6 is 0 Å². The number of amides is 3.